The third kappa shape index (κ3) is 3.31. The minimum absolute atomic E-state index is 0.0448. The first-order chi connectivity index (χ1) is 10.1. The molecule has 1 aliphatic carbocycles. The molecule has 0 spiro atoms. The van der Waals surface area contributed by atoms with E-state index in [2.05, 4.69) is 10.2 Å². The minimum Gasteiger partial charge on any atom is -0.397 e. The van der Waals surface area contributed by atoms with Crippen molar-refractivity contribution in [1.82, 2.24) is 4.90 Å². The van der Waals surface area contributed by atoms with E-state index in [9.17, 15) is 4.79 Å². The largest absolute Gasteiger partial charge is 0.397 e. The summed E-state index contributed by atoms with van der Waals surface area (Å²) >= 11 is 5.86. The van der Waals surface area contributed by atoms with E-state index >= 15 is 0 Å². The molecule has 0 bridgehead atoms. The fourth-order valence-corrected chi connectivity index (χ4v) is 3.40. The topological polar surface area (TPSA) is 67.6 Å². The second-order valence-corrected chi connectivity index (χ2v) is 6.09. The highest BCUT2D eigenvalue weighted by molar-refractivity contribution is 6.31. The number of morpholine rings is 1. The van der Waals surface area contributed by atoms with E-state index in [0.717, 1.165) is 19.4 Å². The molecule has 2 aliphatic rings. The lowest BCUT2D eigenvalue weighted by atomic mass is 10.1. The quantitative estimate of drug-likeness (QED) is 0.839. The Kier molecular flexibility index (Phi) is 4.33. The Hall–Kier alpha value is -1.30. The normalized spacial score (nSPS) is 25.6. The molecule has 6 heteroatoms. The Morgan fingerprint density at radius 1 is 1.48 bits per heavy atom. The number of nitrogens with two attached hydrogens (primary N) is 1. The molecule has 2 fully saturated rings. The van der Waals surface area contributed by atoms with Crippen LogP contribution >= 0.6 is 11.6 Å². The molecule has 1 heterocycles. The lowest BCUT2D eigenvalue weighted by Crippen LogP contribution is -2.51. The van der Waals surface area contributed by atoms with Gasteiger partial charge in [-0.25, -0.2) is 0 Å². The Labute approximate surface area is 129 Å². The molecule has 1 aliphatic heterocycles. The molecule has 2 unspecified atom stereocenters. The number of nitrogen functional groups attached to an aromatic ring is 1. The number of carbonyl (C=O) groups is 1. The number of amides is 1. The zero-order chi connectivity index (χ0) is 14.8. The third-order valence-corrected chi connectivity index (χ3v) is 4.47. The van der Waals surface area contributed by atoms with E-state index in [1.165, 1.54) is 6.42 Å². The van der Waals surface area contributed by atoms with Crippen LogP contribution in [-0.2, 0) is 9.53 Å². The van der Waals surface area contributed by atoms with Crippen LogP contribution in [0.2, 0.25) is 5.02 Å². The van der Waals surface area contributed by atoms with Crippen LogP contribution in [0.25, 0.3) is 0 Å². The summed E-state index contributed by atoms with van der Waals surface area (Å²) in [5, 5.41) is 3.42. The molecule has 3 rings (SSSR count). The maximum absolute atomic E-state index is 12.2. The highest BCUT2D eigenvalue weighted by atomic mass is 35.5. The summed E-state index contributed by atoms with van der Waals surface area (Å²) in [5.41, 5.74) is 6.95. The predicted octanol–water partition coefficient (Wildman–Crippen LogP) is 2.11. The summed E-state index contributed by atoms with van der Waals surface area (Å²) in [7, 11) is 0. The van der Waals surface area contributed by atoms with Gasteiger partial charge in [-0.1, -0.05) is 11.6 Å². The highest BCUT2D eigenvalue weighted by Gasteiger charge is 2.36. The van der Waals surface area contributed by atoms with Crippen LogP contribution in [0, 0.1) is 0 Å². The number of nitrogens with zero attached hydrogens (tertiary/aromatic N) is 1. The van der Waals surface area contributed by atoms with Crippen LogP contribution in [0.1, 0.15) is 19.3 Å². The van der Waals surface area contributed by atoms with Gasteiger partial charge in [-0.3, -0.25) is 9.69 Å². The summed E-state index contributed by atoms with van der Waals surface area (Å²) in [5.74, 6) is -0.0448. The average Bonchev–Trinajstić information content (AvgIpc) is 2.91. The van der Waals surface area contributed by atoms with E-state index in [0.29, 0.717) is 41.7 Å². The number of hydrogen-bond acceptors (Lipinski definition) is 4. The van der Waals surface area contributed by atoms with Gasteiger partial charge in [0.25, 0.3) is 0 Å². The zero-order valence-electron chi connectivity index (χ0n) is 11.8. The highest BCUT2D eigenvalue weighted by Crippen LogP contribution is 2.29. The molecule has 1 saturated heterocycles. The van der Waals surface area contributed by atoms with Gasteiger partial charge in [0.1, 0.15) is 0 Å². The summed E-state index contributed by atoms with van der Waals surface area (Å²) < 4.78 is 5.76. The Balaban J connectivity index is 1.61. The van der Waals surface area contributed by atoms with Crippen molar-refractivity contribution < 1.29 is 9.53 Å². The zero-order valence-corrected chi connectivity index (χ0v) is 12.6. The maximum Gasteiger partial charge on any atom is 0.238 e. The van der Waals surface area contributed by atoms with E-state index in [4.69, 9.17) is 22.1 Å². The molecule has 114 valence electrons. The first-order valence-corrected chi connectivity index (χ1v) is 7.72. The smallest absolute Gasteiger partial charge is 0.238 e. The molecule has 1 saturated carbocycles. The molecule has 1 aromatic carbocycles. The van der Waals surface area contributed by atoms with Crippen LogP contribution in [0.3, 0.4) is 0 Å². The fourth-order valence-electron chi connectivity index (χ4n) is 3.22. The number of anilines is 2. The summed E-state index contributed by atoms with van der Waals surface area (Å²) in [6.45, 7) is 1.90. The molecule has 0 aromatic heterocycles. The monoisotopic (exact) mass is 309 g/mol. The van der Waals surface area contributed by atoms with Crippen molar-refractivity contribution in [1.29, 1.82) is 0 Å². The van der Waals surface area contributed by atoms with Gasteiger partial charge < -0.3 is 15.8 Å². The van der Waals surface area contributed by atoms with Crippen molar-refractivity contribution in [2.45, 2.75) is 31.4 Å². The molecule has 3 N–H and O–H groups in total. The second kappa shape index (κ2) is 6.22. The van der Waals surface area contributed by atoms with E-state index < -0.39 is 0 Å². The molecule has 1 amide bonds. The van der Waals surface area contributed by atoms with E-state index in [1.807, 2.05) is 0 Å². The summed E-state index contributed by atoms with van der Waals surface area (Å²) in [6.07, 6.45) is 3.69. The van der Waals surface area contributed by atoms with Crippen molar-refractivity contribution >= 4 is 28.9 Å². The summed E-state index contributed by atoms with van der Waals surface area (Å²) in [4.78, 5) is 14.4. The second-order valence-electron chi connectivity index (χ2n) is 5.66. The number of carbonyl (C=O) groups excluding carboxylic acids is 1. The van der Waals surface area contributed by atoms with Crippen molar-refractivity contribution in [2.75, 3.05) is 30.7 Å². The Morgan fingerprint density at radius 3 is 3.14 bits per heavy atom. The number of nitrogens with one attached hydrogen (secondary N) is 1. The lowest BCUT2D eigenvalue weighted by molar-refractivity contribution is -0.121. The molecule has 5 nitrogen and oxygen atoms in total. The number of rotatable bonds is 3. The molecule has 21 heavy (non-hydrogen) atoms. The van der Waals surface area contributed by atoms with Gasteiger partial charge in [0.05, 0.1) is 30.6 Å². The van der Waals surface area contributed by atoms with Crippen molar-refractivity contribution in [3.63, 3.8) is 0 Å². The number of benzene rings is 1. The molecule has 2 atom stereocenters. The predicted molar refractivity (Wildman–Crippen MR) is 83.4 cm³/mol. The Morgan fingerprint density at radius 2 is 2.33 bits per heavy atom. The minimum atomic E-state index is -0.0448. The average molecular weight is 310 g/mol. The summed E-state index contributed by atoms with van der Waals surface area (Å²) in [6, 6.07) is 5.47. The van der Waals surface area contributed by atoms with E-state index in [-0.39, 0.29) is 5.91 Å². The standard InChI is InChI=1S/C15H20ClN3O2/c16-10-4-5-12(11(17)8-10)18-15(20)9-19-6-7-21-14-3-1-2-13(14)19/h4-5,8,13-14H,1-3,6-7,9,17H2,(H,18,20). The van der Waals surface area contributed by atoms with Crippen LogP contribution in [-0.4, -0.2) is 42.6 Å². The van der Waals surface area contributed by atoms with Crippen LogP contribution < -0.4 is 11.1 Å². The first-order valence-electron chi connectivity index (χ1n) is 7.34. The van der Waals surface area contributed by atoms with Gasteiger partial charge >= 0.3 is 0 Å². The van der Waals surface area contributed by atoms with Gasteiger partial charge in [0.2, 0.25) is 5.91 Å². The van der Waals surface area contributed by atoms with Gasteiger partial charge in [-0.2, -0.15) is 0 Å². The van der Waals surface area contributed by atoms with Gasteiger partial charge in [-0.05, 0) is 37.5 Å². The number of ether oxygens (including phenoxy) is 1. The van der Waals surface area contributed by atoms with Crippen LogP contribution in [0.15, 0.2) is 18.2 Å². The number of hydrogen-bond donors (Lipinski definition) is 2. The first kappa shape index (κ1) is 14.6. The Bertz CT molecular complexity index is 538. The van der Waals surface area contributed by atoms with Gasteiger partial charge in [0, 0.05) is 17.6 Å². The van der Waals surface area contributed by atoms with Crippen molar-refractivity contribution in [3.8, 4) is 0 Å². The maximum atomic E-state index is 12.2. The van der Waals surface area contributed by atoms with Crippen LogP contribution in [0.5, 0.6) is 0 Å². The van der Waals surface area contributed by atoms with Crippen molar-refractivity contribution in [3.05, 3.63) is 23.2 Å². The van der Waals surface area contributed by atoms with E-state index in [1.54, 1.807) is 18.2 Å². The van der Waals surface area contributed by atoms with Crippen molar-refractivity contribution in [2.24, 2.45) is 0 Å². The van der Waals surface area contributed by atoms with Gasteiger partial charge in [-0.15, -0.1) is 0 Å². The van der Waals surface area contributed by atoms with Gasteiger partial charge in [0.15, 0.2) is 0 Å². The molecular weight excluding hydrogens is 290 g/mol. The SMILES string of the molecule is Nc1cc(Cl)ccc1NC(=O)CN1CCOC2CCCC21. The van der Waals surface area contributed by atoms with Crippen LogP contribution in [0.4, 0.5) is 11.4 Å². The number of fused-ring (bicyclic) bond motifs is 1. The fraction of sp³-hybridized carbons (Fsp3) is 0.533. The molecule has 0 radical (unpaired) electrons. The third-order valence-electron chi connectivity index (χ3n) is 4.23. The number of halogens is 1. The lowest BCUT2D eigenvalue weighted by Gasteiger charge is -2.37. The molecule has 1 aromatic rings. The molecular formula is C15H20ClN3O2.